The van der Waals surface area contributed by atoms with E-state index in [1.54, 1.807) is 14.2 Å². The van der Waals surface area contributed by atoms with Crippen molar-refractivity contribution in [3.8, 4) is 11.5 Å². The third-order valence-corrected chi connectivity index (χ3v) is 6.88. The molecule has 4 heteroatoms. The molecule has 1 fully saturated rings. The first kappa shape index (κ1) is 20.0. The number of hydrogen-bond acceptors (Lipinski definition) is 4. The molecule has 3 aromatic rings. The van der Waals surface area contributed by atoms with E-state index in [2.05, 4.69) is 71.7 Å². The molecule has 1 heterocycles. The zero-order valence-electron chi connectivity index (χ0n) is 18.5. The lowest BCUT2D eigenvalue weighted by Gasteiger charge is -2.39. The highest BCUT2D eigenvalue weighted by molar-refractivity contribution is 5.95. The standard InChI is InChI=1S/C27H30N2O2/c1-18(23-12-9-20-8-11-21(30-2)15-24(20)23)26-17-29(14-13-28-26)27-6-4-5-19-7-10-22(31-3)16-25(19)27/h4-8,10-12,15-16,18,26,28H,9,13-14,17H2,1-3H3. The SMILES string of the molecule is COc1ccc2c(c1)C(C(C)C1CN(c3cccc4ccc(OC)cc34)CCN1)=CC2. The van der Waals surface area contributed by atoms with Crippen molar-refractivity contribution in [1.29, 1.82) is 0 Å². The van der Waals surface area contributed by atoms with Gasteiger partial charge in [-0.25, -0.2) is 0 Å². The minimum Gasteiger partial charge on any atom is -0.497 e. The average Bonchev–Trinajstić information content (AvgIpc) is 3.26. The molecule has 0 amide bonds. The van der Waals surface area contributed by atoms with Crippen LogP contribution in [-0.4, -0.2) is 39.9 Å². The van der Waals surface area contributed by atoms with E-state index in [-0.39, 0.29) is 0 Å². The van der Waals surface area contributed by atoms with Gasteiger partial charge in [-0.05, 0) is 64.8 Å². The van der Waals surface area contributed by atoms with Gasteiger partial charge >= 0.3 is 0 Å². The van der Waals surface area contributed by atoms with Gasteiger partial charge in [0.05, 0.1) is 14.2 Å². The molecule has 1 saturated heterocycles. The van der Waals surface area contributed by atoms with Gasteiger partial charge in [-0.2, -0.15) is 0 Å². The molecule has 0 bridgehead atoms. The summed E-state index contributed by atoms with van der Waals surface area (Å²) in [4.78, 5) is 2.53. The Morgan fingerprint density at radius 2 is 1.81 bits per heavy atom. The third-order valence-electron chi connectivity index (χ3n) is 6.88. The van der Waals surface area contributed by atoms with Gasteiger partial charge < -0.3 is 19.7 Å². The highest BCUT2D eigenvalue weighted by Gasteiger charge is 2.30. The molecule has 4 nitrogen and oxygen atoms in total. The maximum atomic E-state index is 5.50. The molecular weight excluding hydrogens is 384 g/mol. The normalized spacial score (nSPS) is 19.1. The van der Waals surface area contributed by atoms with Crippen molar-refractivity contribution >= 4 is 22.0 Å². The molecule has 31 heavy (non-hydrogen) atoms. The van der Waals surface area contributed by atoms with E-state index >= 15 is 0 Å². The molecule has 2 atom stereocenters. The van der Waals surface area contributed by atoms with Crippen LogP contribution < -0.4 is 19.7 Å². The summed E-state index contributed by atoms with van der Waals surface area (Å²) < 4.78 is 11.0. The van der Waals surface area contributed by atoms with Crippen LogP contribution in [0.5, 0.6) is 11.5 Å². The summed E-state index contributed by atoms with van der Waals surface area (Å²) in [5.74, 6) is 2.25. The van der Waals surface area contributed by atoms with Gasteiger partial charge in [0, 0.05) is 36.7 Å². The van der Waals surface area contributed by atoms with Gasteiger partial charge in [0.25, 0.3) is 0 Å². The summed E-state index contributed by atoms with van der Waals surface area (Å²) in [7, 11) is 3.47. The molecule has 0 aromatic heterocycles. The van der Waals surface area contributed by atoms with E-state index in [1.165, 1.54) is 33.2 Å². The van der Waals surface area contributed by atoms with Gasteiger partial charge in [0.1, 0.15) is 11.5 Å². The second kappa shape index (κ2) is 8.27. The topological polar surface area (TPSA) is 33.7 Å². The Hall–Kier alpha value is -2.98. The Morgan fingerprint density at radius 3 is 2.65 bits per heavy atom. The fraction of sp³-hybridized carbons (Fsp3) is 0.333. The predicted octanol–water partition coefficient (Wildman–Crippen LogP) is 4.91. The number of benzene rings is 3. The first-order valence-corrected chi connectivity index (χ1v) is 11.1. The van der Waals surface area contributed by atoms with Gasteiger partial charge in [-0.15, -0.1) is 0 Å². The van der Waals surface area contributed by atoms with Crippen LogP contribution in [0.15, 0.2) is 60.7 Å². The highest BCUT2D eigenvalue weighted by Crippen LogP contribution is 2.38. The van der Waals surface area contributed by atoms with E-state index < -0.39 is 0 Å². The lowest BCUT2D eigenvalue weighted by molar-refractivity contribution is 0.399. The average molecular weight is 415 g/mol. The number of hydrogen-bond donors (Lipinski definition) is 1. The van der Waals surface area contributed by atoms with Crippen LogP contribution in [0, 0.1) is 5.92 Å². The number of piperazine rings is 1. The first-order chi connectivity index (χ1) is 15.2. The van der Waals surface area contributed by atoms with Crippen LogP contribution in [0.1, 0.15) is 18.1 Å². The van der Waals surface area contributed by atoms with Gasteiger partial charge in [0.15, 0.2) is 0 Å². The number of allylic oxidation sites excluding steroid dienone is 1. The Balaban J connectivity index is 1.42. The molecule has 1 N–H and O–H groups in total. The maximum absolute atomic E-state index is 5.50. The molecule has 0 saturated carbocycles. The van der Waals surface area contributed by atoms with Crippen LogP contribution in [0.4, 0.5) is 5.69 Å². The number of nitrogens with one attached hydrogen (secondary N) is 1. The third kappa shape index (κ3) is 3.66. The maximum Gasteiger partial charge on any atom is 0.119 e. The minimum atomic E-state index is 0.387. The monoisotopic (exact) mass is 414 g/mol. The molecule has 2 aliphatic rings. The number of nitrogens with zero attached hydrogens (tertiary/aromatic N) is 1. The van der Waals surface area contributed by atoms with Crippen LogP contribution in [0.25, 0.3) is 16.3 Å². The lowest BCUT2D eigenvalue weighted by atomic mass is 9.88. The fourth-order valence-electron chi connectivity index (χ4n) is 5.08. The summed E-state index contributed by atoms with van der Waals surface area (Å²) in [6.07, 6.45) is 3.41. The largest absolute Gasteiger partial charge is 0.497 e. The molecule has 160 valence electrons. The number of anilines is 1. The smallest absolute Gasteiger partial charge is 0.119 e. The van der Waals surface area contributed by atoms with E-state index in [0.717, 1.165) is 37.6 Å². The summed E-state index contributed by atoms with van der Waals surface area (Å²) in [6, 6.07) is 19.8. The minimum absolute atomic E-state index is 0.387. The van der Waals surface area contributed by atoms with Gasteiger partial charge in [-0.3, -0.25) is 0 Å². The molecule has 0 spiro atoms. The zero-order chi connectivity index (χ0) is 21.4. The van der Waals surface area contributed by atoms with Crippen molar-refractivity contribution in [2.75, 3.05) is 38.8 Å². The van der Waals surface area contributed by atoms with Crippen molar-refractivity contribution < 1.29 is 9.47 Å². The molecule has 1 aliphatic carbocycles. The van der Waals surface area contributed by atoms with E-state index in [9.17, 15) is 0 Å². The summed E-state index contributed by atoms with van der Waals surface area (Å²) in [5.41, 5.74) is 5.47. The van der Waals surface area contributed by atoms with Gasteiger partial charge in [-0.1, -0.05) is 37.3 Å². The second-order valence-corrected chi connectivity index (χ2v) is 8.55. The Morgan fingerprint density at radius 1 is 1.00 bits per heavy atom. The molecular formula is C27H30N2O2. The molecule has 5 rings (SSSR count). The van der Waals surface area contributed by atoms with Crippen molar-refractivity contribution in [3.05, 3.63) is 71.8 Å². The molecule has 2 unspecified atom stereocenters. The van der Waals surface area contributed by atoms with Crippen molar-refractivity contribution in [2.24, 2.45) is 5.92 Å². The number of fused-ring (bicyclic) bond motifs is 2. The van der Waals surface area contributed by atoms with Gasteiger partial charge in [0.2, 0.25) is 0 Å². The van der Waals surface area contributed by atoms with Crippen molar-refractivity contribution in [1.82, 2.24) is 5.32 Å². The van der Waals surface area contributed by atoms with E-state index in [0.29, 0.717) is 12.0 Å². The fourth-order valence-corrected chi connectivity index (χ4v) is 5.08. The first-order valence-electron chi connectivity index (χ1n) is 11.1. The number of ether oxygens (including phenoxy) is 2. The molecule has 1 aliphatic heterocycles. The van der Waals surface area contributed by atoms with Crippen molar-refractivity contribution in [2.45, 2.75) is 19.4 Å². The highest BCUT2D eigenvalue weighted by atomic mass is 16.5. The lowest BCUT2D eigenvalue weighted by Crippen LogP contribution is -2.53. The van der Waals surface area contributed by atoms with Crippen LogP contribution in [-0.2, 0) is 6.42 Å². The Kier molecular flexibility index (Phi) is 5.33. The van der Waals surface area contributed by atoms with Crippen molar-refractivity contribution in [3.63, 3.8) is 0 Å². The molecule has 3 aromatic carbocycles. The predicted molar refractivity (Wildman–Crippen MR) is 128 cm³/mol. The number of methoxy groups -OCH3 is 2. The van der Waals surface area contributed by atoms with Crippen LogP contribution >= 0.6 is 0 Å². The summed E-state index contributed by atoms with van der Waals surface area (Å²) >= 11 is 0. The van der Waals surface area contributed by atoms with Crippen LogP contribution in [0.3, 0.4) is 0 Å². The summed E-state index contributed by atoms with van der Waals surface area (Å²) in [6.45, 7) is 5.32. The van der Waals surface area contributed by atoms with Crippen LogP contribution in [0.2, 0.25) is 0 Å². The van der Waals surface area contributed by atoms with E-state index in [4.69, 9.17) is 9.47 Å². The van der Waals surface area contributed by atoms with E-state index in [1.807, 2.05) is 6.07 Å². The Bertz CT molecular complexity index is 1140. The molecule has 0 radical (unpaired) electrons. The zero-order valence-corrected chi connectivity index (χ0v) is 18.5. The Labute approximate surface area is 184 Å². The quantitative estimate of drug-likeness (QED) is 0.643. The number of rotatable bonds is 5. The second-order valence-electron chi connectivity index (χ2n) is 8.55. The summed E-state index contributed by atoms with van der Waals surface area (Å²) in [5, 5.41) is 6.29.